The molecule has 1 aliphatic heterocycles. The van der Waals surface area contributed by atoms with Gasteiger partial charge < -0.3 is 24.6 Å². The van der Waals surface area contributed by atoms with E-state index >= 15 is 0 Å². The lowest BCUT2D eigenvalue weighted by Crippen LogP contribution is -2.35. The number of alkyl halides is 1. The van der Waals surface area contributed by atoms with Crippen LogP contribution >= 0.6 is 19.6 Å². The molecule has 2 aliphatic rings. The van der Waals surface area contributed by atoms with Crippen molar-refractivity contribution in [1.82, 2.24) is 10.2 Å². The number of carbonyl (C=O) groups is 1. The minimum atomic E-state index is -2.57. The van der Waals surface area contributed by atoms with Crippen molar-refractivity contribution < 1.29 is 23.7 Å². The van der Waals surface area contributed by atoms with Gasteiger partial charge in [-0.05, 0) is 62.2 Å². The number of nitrogens with zero attached hydrogens (tertiary/aromatic N) is 3. The SMILES string of the molecule is CN(C)c1ccc2c(c1)N(CCCC(=O)NCCOCCOCCCCCCCl)C1=CC(N(C)C)C=CC1=C2[P+](=O)O. The minimum absolute atomic E-state index is 0.0235. The van der Waals surface area contributed by atoms with Gasteiger partial charge in [-0.25, -0.2) is 0 Å². The maximum absolute atomic E-state index is 12.6. The van der Waals surface area contributed by atoms with Crippen LogP contribution in [0.5, 0.6) is 0 Å². The van der Waals surface area contributed by atoms with E-state index < -0.39 is 8.03 Å². The van der Waals surface area contributed by atoms with Crippen LogP contribution in [0.2, 0.25) is 0 Å². The highest BCUT2D eigenvalue weighted by Gasteiger charge is 2.39. The number of hydrogen-bond donors (Lipinski definition) is 2. The molecule has 1 aromatic rings. The number of carbonyl (C=O) groups excluding carboxylic acids is 1. The number of allylic oxidation sites excluding steroid dienone is 1. The third-order valence-electron chi connectivity index (χ3n) is 7.34. The Balaban J connectivity index is 1.54. The van der Waals surface area contributed by atoms with Gasteiger partial charge in [0, 0.05) is 57.8 Å². The molecule has 42 heavy (non-hydrogen) atoms. The van der Waals surface area contributed by atoms with Gasteiger partial charge in [-0.1, -0.05) is 25.0 Å². The Morgan fingerprint density at radius 2 is 1.79 bits per heavy atom. The topological polar surface area (TPSA) is 94.6 Å². The molecule has 2 atom stereocenters. The monoisotopic (exact) mass is 621 g/mol. The molecule has 0 saturated heterocycles. The summed E-state index contributed by atoms with van der Waals surface area (Å²) < 4.78 is 23.7. The highest BCUT2D eigenvalue weighted by atomic mass is 35.5. The van der Waals surface area contributed by atoms with Crippen LogP contribution < -0.4 is 15.1 Å². The predicted octanol–water partition coefficient (Wildman–Crippen LogP) is 5.13. The summed E-state index contributed by atoms with van der Waals surface area (Å²) in [6, 6.07) is 5.99. The lowest BCUT2D eigenvalue weighted by atomic mass is 9.92. The summed E-state index contributed by atoms with van der Waals surface area (Å²) in [6.07, 6.45) is 11.5. The lowest BCUT2D eigenvalue weighted by molar-refractivity contribution is -0.121. The summed E-state index contributed by atoms with van der Waals surface area (Å²) in [4.78, 5) is 29.2. The molecule has 3 rings (SSSR count). The van der Waals surface area contributed by atoms with E-state index in [1.807, 2.05) is 57.4 Å². The fourth-order valence-corrected chi connectivity index (χ4v) is 5.99. The summed E-state index contributed by atoms with van der Waals surface area (Å²) in [5, 5.41) is 3.39. The van der Waals surface area contributed by atoms with Crippen LogP contribution in [-0.4, -0.2) is 95.3 Å². The molecule has 0 aromatic heterocycles. The Labute approximate surface area is 257 Å². The van der Waals surface area contributed by atoms with Gasteiger partial charge in [0.05, 0.1) is 42.3 Å². The molecule has 0 fully saturated rings. The molecule has 0 spiro atoms. The molecule has 1 aromatic carbocycles. The molecule has 232 valence electrons. The number of ether oxygens (including phenoxy) is 2. The van der Waals surface area contributed by atoms with Crippen LogP contribution in [0.1, 0.15) is 44.1 Å². The highest BCUT2D eigenvalue weighted by Crippen LogP contribution is 2.51. The van der Waals surface area contributed by atoms with Gasteiger partial charge >= 0.3 is 8.03 Å². The van der Waals surface area contributed by atoms with Crippen molar-refractivity contribution in [3.05, 3.63) is 53.3 Å². The predicted molar refractivity (Wildman–Crippen MR) is 173 cm³/mol. The van der Waals surface area contributed by atoms with Crippen LogP contribution in [0, 0.1) is 0 Å². The summed E-state index contributed by atoms with van der Waals surface area (Å²) in [5.41, 5.74) is 4.29. The van der Waals surface area contributed by atoms with E-state index in [2.05, 4.69) is 27.3 Å². The van der Waals surface area contributed by atoms with E-state index in [0.29, 0.717) is 51.1 Å². The van der Waals surface area contributed by atoms with Crippen molar-refractivity contribution in [2.45, 2.75) is 44.6 Å². The first-order chi connectivity index (χ1) is 20.2. The molecule has 0 radical (unpaired) electrons. The number of amides is 1. The summed E-state index contributed by atoms with van der Waals surface area (Å²) in [6.45, 7) is 3.29. The van der Waals surface area contributed by atoms with Crippen LogP contribution in [0.25, 0.3) is 5.31 Å². The average Bonchev–Trinajstić information content (AvgIpc) is 2.96. The van der Waals surface area contributed by atoms with E-state index in [0.717, 1.165) is 66.4 Å². The molecule has 2 unspecified atom stereocenters. The molecule has 0 bridgehead atoms. The summed E-state index contributed by atoms with van der Waals surface area (Å²) >= 11 is 5.68. The van der Waals surface area contributed by atoms with Crippen LogP contribution in [0.15, 0.2) is 47.7 Å². The van der Waals surface area contributed by atoms with Crippen molar-refractivity contribution in [1.29, 1.82) is 0 Å². The van der Waals surface area contributed by atoms with Gasteiger partial charge in [0.25, 0.3) is 0 Å². The average molecular weight is 622 g/mol. The Hall–Kier alpha value is -2.26. The highest BCUT2D eigenvalue weighted by molar-refractivity contribution is 7.50. The van der Waals surface area contributed by atoms with Crippen molar-refractivity contribution in [2.75, 3.05) is 83.4 Å². The van der Waals surface area contributed by atoms with E-state index in [-0.39, 0.29) is 11.9 Å². The van der Waals surface area contributed by atoms with Gasteiger partial charge in [-0.15, -0.1) is 11.6 Å². The van der Waals surface area contributed by atoms with E-state index in [9.17, 15) is 14.3 Å². The van der Waals surface area contributed by atoms with Crippen LogP contribution in [-0.2, 0) is 18.8 Å². The fourth-order valence-electron chi connectivity index (χ4n) is 5.01. The quantitative estimate of drug-likeness (QED) is 0.125. The summed E-state index contributed by atoms with van der Waals surface area (Å²) in [5.74, 6) is 0.697. The molecule has 11 heteroatoms. The van der Waals surface area contributed by atoms with E-state index in [1.54, 1.807) is 0 Å². The number of anilines is 2. The number of rotatable bonds is 19. The normalized spacial score (nSPS) is 16.4. The van der Waals surface area contributed by atoms with Gasteiger partial charge in [0.15, 0.2) is 0 Å². The fraction of sp³-hybridized carbons (Fsp3) is 0.581. The number of unbranched alkanes of at least 4 members (excludes halogenated alkanes) is 3. The zero-order valence-corrected chi connectivity index (χ0v) is 27.1. The summed E-state index contributed by atoms with van der Waals surface area (Å²) in [7, 11) is 5.39. The maximum atomic E-state index is 12.6. The maximum Gasteiger partial charge on any atom is 0.547 e. The minimum Gasteiger partial charge on any atom is -0.379 e. The largest absolute Gasteiger partial charge is 0.547 e. The third-order valence-corrected chi connectivity index (χ3v) is 8.47. The molecular formula is C31H47ClN4O5P+. The van der Waals surface area contributed by atoms with Gasteiger partial charge in [0.1, 0.15) is 0 Å². The second kappa shape index (κ2) is 17.8. The Morgan fingerprint density at radius 3 is 2.48 bits per heavy atom. The van der Waals surface area contributed by atoms with Crippen LogP contribution in [0.4, 0.5) is 11.4 Å². The van der Waals surface area contributed by atoms with Crippen LogP contribution in [0.3, 0.4) is 0 Å². The zero-order chi connectivity index (χ0) is 30.5. The number of benzene rings is 1. The molecule has 1 amide bonds. The first-order valence-corrected chi connectivity index (χ1v) is 16.5. The molecular weight excluding hydrogens is 575 g/mol. The molecule has 2 N–H and O–H groups in total. The Morgan fingerprint density at radius 1 is 1.05 bits per heavy atom. The first kappa shape index (κ1) is 34.2. The van der Waals surface area contributed by atoms with Gasteiger partial charge in [-0.3, -0.25) is 9.69 Å². The van der Waals surface area contributed by atoms with Crippen molar-refractivity contribution in [2.24, 2.45) is 0 Å². The second-order valence-corrected chi connectivity index (χ2v) is 12.3. The first-order valence-electron chi connectivity index (χ1n) is 14.8. The van der Waals surface area contributed by atoms with Gasteiger partial charge in [0.2, 0.25) is 11.2 Å². The van der Waals surface area contributed by atoms with Crippen molar-refractivity contribution >= 4 is 42.2 Å². The van der Waals surface area contributed by atoms with Gasteiger partial charge in [-0.2, -0.15) is 4.89 Å². The number of nitrogens with one attached hydrogen (secondary N) is 1. The molecule has 1 heterocycles. The Bertz CT molecular complexity index is 1150. The number of fused-ring (bicyclic) bond motifs is 2. The molecule has 1 aliphatic carbocycles. The number of halogens is 1. The lowest BCUT2D eigenvalue weighted by Gasteiger charge is -2.36. The molecule has 0 saturated carbocycles. The van der Waals surface area contributed by atoms with E-state index in [1.165, 1.54) is 0 Å². The zero-order valence-electron chi connectivity index (χ0n) is 25.5. The number of likely N-dealkylation sites (N-methyl/N-ethyl adjacent to an activating group) is 1. The Kier molecular flexibility index (Phi) is 14.5. The number of hydrogen-bond acceptors (Lipinski definition) is 7. The molecule has 9 nitrogen and oxygen atoms in total. The second-order valence-electron chi connectivity index (χ2n) is 10.9. The van der Waals surface area contributed by atoms with Crippen molar-refractivity contribution in [3.8, 4) is 0 Å². The smallest absolute Gasteiger partial charge is 0.379 e. The third kappa shape index (κ3) is 9.90. The van der Waals surface area contributed by atoms with Crippen molar-refractivity contribution in [3.63, 3.8) is 0 Å². The van der Waals surface area contributed by atoms with E-state index in [4.69, 9.17) is 21.1 Å². The standard InChI is InChI=1S/C31H46ClN4O5P/c1-34(2)24-11-13-26-28(22-24)36(29-23-25(35(3)4)12-14-27(29)31(26)42(38)39)17-9-10-30(37)33-16-19-41-21-20-40-18-8-6-5-7-15-32/h11-14,22-24H,5-10,15-21H2,1-4H3,(H-,33,37,38,39)/p+1.